The van der Waals surface area contributed by atoms with E-state index in [1.165, 1.54) is 36.4 Å². The number of nitrogens with zero attached hydrogens (tertiary/aromatic N) is 1. The number of hydrogen-bond donors (Lipinski definition) is 0. The van der Waals surface area contributed by atoms with Gasteiger partial charge in [-0.3, -0.25) is 14.9 Å². The highest BCUT2D eigenvalue weighted by Gasteiger charge is 2.33. The van der Waals surface area contributed by atoms with Crippen molar-refractivity contribution in [3.8, 4) is 0 Å². The van der Waals surface area contributed by atoms with Gasteiger partial charge in [0, 0.05) is 17.2 Å². The number of aryl methyl sites for hydroxylation is 1. The number of nitro groups is 1. The SMILES string of the molecule is Cc1ccc(C(=O)[C@@H](OC(=O)c2ccccc2S(=O)(=O)c2ccccc2[N+](=O)[O-])c2ccccc2)cc1. The van der Waals surface area contributed by atoms with Crippen LogP contribution in [0.4, 0.5) is 5.69 Å². The van der Waals surface area contributed by atoms with Crippen LogP contribution in [-0.4, -0.2) is 25.1 Å². The summed E-state index contributed by atoms with van der Waals surface area (Å²) in [4.78, 5) is 36.4. The van der Waals surface area contributed by atoms with Crippen LogP contribution in [-0.2, 0) is 14.6 Å². The molecule has 0 heterocycles. The molecule has 0 aromatic heterocycles. The predicted molar refractivity (Wildman–Crippen MR) is 135 cm³/mol. The molecule has 0 fully saturated rings. The fraction of sp³-hybridized carbons (Fsp3) is 0.0714. The molecular formula is C28H21NO7S. The molecule has 4 aromatic carbocycles. The van der Waals surface area contributed by atoms with Crippen molar-refractivity contribution in [1.82, 2.24) is 0 Å². The van der Waals surface area contributed by atoms with Crippen LogP contribution < -0.4 is 0 Å². The van der Waals surface area contributed by atoms with E-state index in [0.717, 1.165) is 17.7 Å². The summed E-state index contributed by atoms with van der Waals surface area (Å²) in [6.07, 6.45) is -1.35. The normalized spacial score (nSPS) is 11.9. The molecule has 4 aromatic rings. The average molecular weight is 516 g/mol. The number of nitro benzene ring substituents is 1. The van der Waals surface area contributed by atoms with Gasteiger partial charge in [-0.1, -0.05) is 84.4 Å². The molecule has 9 heteroatoms. The molecule has 0 unspecified atom stereocenters. The lowest BCUT2D eigenvalue weighted by Crippen LogP contribution is -2.22. The summed E-state index contributed by atoms with van der Waals surface area (Å²) in [6, 6.07) is 25.2. The average Bonchev–Trinajstić information content (AvgIpc) is 2.92. The Morgan fingerprint density at radius 2 is 1.35 bits per heavy atom. The summed E-state index contributed by atoms with van der Waals surface area (Å²) in [5.41, 5.74) is 0.688. The van der Waals surface area contributed by atoms with Crippen LogP contribution in [0.3, 0.4) is 0 Å². The molecule has 0 spiro atoms. The Kier molecular flexibility index (Phi) is 7.26. The fourth-order valence-electron chi connectivity index (χ4n) is 3.76. The number of ketones is 1. The summed E-state index contributed by atoms with van der Waals surface area (Å²) < 4.78 is 32.5. The highest BCUT2D eigenvalue weighted by Crippen LogP contribution is 2.32. The minimum atomic E-state index is -4.50. The smallest absolute Gasteiger partial charge is 0.340 e. The molecule has 0 amide bonds. The van der Waals surface area contributed by atoms with E-state index >= 15 is 0 Å². The first-order chi connectivity index (χ1) is 17.7. The summed E-state index contributed by atoms with van der Waals surface area (Å²) in [5, 5.41) is 11.5. The van der Waals surface area contributed by atoms with Crippen molar-refractivity contribution in [1.29, 1.82) is 0 Å². The van der Waals surface area contributed by atoms with Crippen LogP contribution >= 0.6 is 0 Å². The van der Waals surface area contributed by atoms with Gasteiger partial charge in [0.1, 0.15) is 4.90 Å². The van der Waals surface area contributed by atoms with E-state index in [-0.39, 0.29) is 5.56 Å². The molecule has 0 bridgehead atoms. The lowest BCUT2D eigenvalue weighted by molar-refractivity contribution is -0.387. The Hall–Kier alpha value is -4.63. The van der Waals surface area contributed by atoms with Gasteiger partial charge in [-0.05, 0) is 25.1 Å². The van der Waals surface area contributed by atoms with E-state index in [4.69, 9.17) is 4.74 Å². The van der Waals surface area contributed by atoms with E-state index in [0.29, 0.717) is 11.1 Å². The zero-order valence-corrected chi connectivity index (χ0v) is 20.4. The van der Waals surface area contributed by atoms with Crippen LogP contribution in [0.25, 0.3) is 0 Å². The first-order valence-electron chi connectivity index (χ1n) is 11.1. The number of para-hydroxylation sites is 1. The van der Waals surface area contributed by atoms with Gasteiger partial charge in [-0.25, -0.2) is 13.2 Å². The molecule has 0 radical (unpaired) electrons. The number of hydrogen-bond acceptors (Lipinski definition) is 7. The third-order valence-electron chi connectivity index (χ3n) is 5.65. The second-order valence-electron chi connectivity index (χ2n) is 8.15. The zero-order chi connectivity index (χ0) is 26.6. The van der Waals surface area contributed by atoms with E-state index < -0.39 is 48.1 Å². The van der Waals surface area contributed by atoms with Gasteiger partial charge in [0.25, 0.3) is 5.69 Å². The summed E-state index contributed by atoms with van der Waals surface area (Å²) >= 11 is 0. The summed E-state index contributed by atoms with van der Waals surface area (Å²) in [5.74, 6) is -1.55. The van der Waals surface area contributed by atoms with Crippen LogP contribution in [0, 0.1) is 17.0 Å². The quantitative estimate of drug-likeness (QED) is 0.131. The largest absolute Gasteiger partial charge is 0.445 e. The maximum Gasteiger partial charge on any atom is 0.340 e. The van der Waals surface area contributed by atoms with Crippen molar-refractivity contribution >= 4 is 27.3 Å². The monoisotopic (exact) mass is 515 g/mol. The number of carbonyl (C=O) groups is 2. The van der Waals surface area contributed by atoms with Crippen LogP contribution in [0.15, 0.2) is 113 Å². The summed E-state index contributed by atoms with van der Waals surface area (Å²) in [7, 11) is -4.50. The highest BCUT2D eigenvalue weighted by molar-refractivity contribution is 7.91. The van der Waals surface area contributed by atoms with E-state index in [2.05, 4.69) is 0 Å². The lowest BCUT2D eigenvalue weighted by atomic mass is 9.99. The van der Waals surface area contributed by atoms with Crippen molar-refractivity contribution in [3.05, 3.63) is 135 Å². The molecule has 186 valence electrons. The second-order valence-corrected chi connectivity index (χ2v) is 10.0. The first kappa shape index (κ1) is 25.5. The molecule has 37 heavy (non-hydrogen) atoms. The van der Waals surface area contributed by atoms with Gasteiger partial charge in [0.2, 0.25) is 15.6 Å². The number of ether oxygens (including phenoxy) is 1. The van der Waals surface area contributed by atoms with Crippen molar-refractivity contribution < 1.29 is 27.7 Å². The number of benzene rings is 4. The molecule has 4 rings (SSSR count). The van der Waals surface area contributed by atoms with Gasteiger partial charge >= 0.3 is 5.97 Å². The van der Waals surface area contributed by atoms with Crippen LogP contribution in [0.2, 0.25) is 0 Å². The van der Waals surface area contributed by atoms with Crippen molar-refractivity contribution in [2.24, 2.45) is 0 Å². The molecule has 0 saturated carbocycles. The summed E-state index contributed by atoms with van der Waals surface area (Å²) in [6.45, 7) is 1.87. The molecule has 0 aliphatic carbocycles. The third-order valence-corrected chi connectivity index (χ3v) is 7.51. The Morgan fingerprint density at radius 1 is 0.784 bits per heavy atom. The second kappa shape index (κ2) is 10.5. The van der Waals surface area contributed by atoms with Crippen molar-refractivity contribution in [3.63, 3.8) is 0 Å². The van der Waals surface area contributed by atoms with Gasteiger partial charge in [0.05, 0.1) is 15.4 Å². The Balaban J connectivity index is 1.76. The third kappa shape index (κ3) is 5.31. The number of carbonyl (C=O) groups excluding carboxylic acids is 2. The Bertz CT molecular complexity index is 1580. The highest BCUT2D eigenvalue weighted by atomic mass is 32.2. The number of rotatable bonds is 8. The first-order valence-corrected chi connectivity index (χ1v) is 12.6. The maximum atomic E-state index is 13.4. The van der Waals surface area contributed by atoms with Gasteiger partial charge < -0.3 is 4.74 Å². The zero-order valence-electron chi connectivity index (χ0n) is 19.6. The molecule has 1 atom stereocenters. The van der Waals surface area contributed by atoms with Gasteiger partial charge in [-0.15, -0.1) is 0 Å². The minimum absolute atomic E-state index is 0.313. The van der Waals surface area contributed by atoms with Crippen molar-refractivity contribution in [2.45, 2.75) is 22.8 Å². The number of esters is 1. The Labute approximate surface area is 213 Å². The van der Waals surface area contributed by atoms with Crippen molar-refractivity contribution in [2.75, 3.05) is 0 Å². The molecule has 0 aliphatic rings. The standard InChI is InChI=1S/C28H21NO7S/c1-19-15-17-20(18-16-19)26(30)27(21-9-3-2-4-10-21)36-28(31)22-11-5-7-13-24(22)37(34,35)25-14-8-6-12-23(25)29(32)33/h2-18,27H,1H3/t27-/m0/s1. The Morgan fingerprint density at radius 3 is 2.00 bits per heavy atom. The predicted octanol–water partition coefficient (Wildman–Crippen LogP) is 5.52. The van der Waals surface area contributed by atoms with E-state index in [1.807, 2.05) is 6.92 Å². The van der Waals surface area contributed by atoms with Gasteiger partial charge in [-0.2, -0.15) is 0 Å². The van der Waals surface area contributed by atoms with E-state index in [1.54, 1.807) is 54.6 Å². The maximum absolute atomic E-state index is 13.4. The minimum Gasteiger partial charge on any atom is -0.445 e. The lowest BCUT2D eigenvalue weighted by Gasteiger charge is -2.19. The topological polar surface area (TPSA) is 121 Å². The molecule has 8 nitrogen and oxygen atoms in total. The van der Waals surface area contributed by atoms with Crippen LogP contribution in [0.5, 0.6) is 0 Å². The van der Waals surface area contributed by atoms with Gasteiger partial charge in [0.15, 0.2) is 6.10 Å². The number of Topliss-reactive ketones (excluding diaryl/α,β-unsaturated/α-hetero) is 1. The van der Waals surface area contributed by atoms with Crippen LogP contribution in [0.1, 0.15) is 37.9 Å². The number of sulfone groups is 1. The van der Waals surface area contributed by atoms with E-state index in [9.17, 15) is 28.1 Å². The fourth-order valence-corrected chi connectivity index (χ4v) is 5.37. The molecule has 0 N–H and O–H groups in total. The molecule has 0 saturated heterocycles. The molecule has 0 aliphatic heterocycles. The molecular weight excluding hydrogens is 494 g/mol.